The molecule has 86 valence electrons. The molecule has 0 amide bonds. The Morgan fingerprint density at radius 2 is 2.38 bits per heavy atom. The second-order valence-corrected chi connectivity index (χ2v) is 4.32. The zero-order valence-corrected chi connectivity index (χ0v) is 9.70. The molecule has 0 radical (unpaired) electrons. The minimum Gasteiger partial charge on any atom is -0.492 e. The number of carboxylic acids is 1. The van der Waals surface area contributed by atoms with Gasteiger partial charge < -0.3 is 9.84 Å². The second kappa shape index (κ2) is 4.34. The third-order valence-corrected chi connectivity index (χ3v) is 3.09. The Morgan fingerprint density at radius 3 is 2.88 bits per heavy atom. The molecule has 0 bridgehead atoms. The van der Waals surface area contributed by atoms with Crippen LogP contribution in [0.4, 0.5) is 0 Å². The van der Waals surface area contributed by atoms with Gasteiger partial charge in [-0.05, 0) is 37.0 Å². The number of carboxylic acid groups (broad SMARTS) is 1. The van der Waals surface area contributed by atoms with E-state index in [2.05, 4.69) is 0 Å². The highest BCUT2D eigenvalue weighted by molar-refractivity contribution is 6.32. The Morgan fingerprint density at radius 1 is 1.62 bits per heavy atom. The van der Waals surface area contributed by atoms with Crippen molar-refractivity contribution in [2.24, 2.45) is 5.92 Å². The lowest BCUT2D eigenvalue weighted by molar-refractivity contribution is -0.138. The summed E-state index contributed by atoms with van der Waals surface area (Å²) in [5.74, 6) is -0.199. The van der Waals surface area contributed by atoms with Gasteiger partial charge in [-0.25, -0.2) is 0 Å². The number of hydrogen-bond acceptors (Lipinski definition) is 2. The first-order valence-corrected chi connectivity index (χ1v) is 5.66. The SMILES string of the molecule is CCOc1ccc(C2CC2C(=O)O)cc1Cl. The summed E-state index contributed by atoms with van der Waals surface area (Å²) < 4.78 is 5.32. The summed E-state index contributed by atoms with van der Waals surface area (Å²) in [5.41, 5.74) is 0.987. The zero-order chi connectivity index (χ0) is 11.7. The molecule has 0 spiro atoms. The monoisotopic (exact) mass is 240 g/mol. The second-order valence-electron chi connectivity index (χ2n) is 3.91. The van der Waals surface area contributed by atoms with E-state index in [1.807, 2.05) is 13.0 Å². The topological polar surface area (TPSA) is 46.5 Å². The van der Waals surface area contributed by atoms with Crippen LogP contribution in [0, 0.1) is 5.92 Å². The van der Waals surface area contributed by atoms with E-state index in [0.29, 0.717) is 23.8 Å². The van der Waals surface area contributed by atoms with Crippen LogP contribution in [0.25, 0.3) is 0 Å². The van der Waals surface area contributed by atoms with Crippen LogP contribution in [-0.4, -0.2) is 17.7 Å². The highest BCUT2D eigenvalue weighted by Gasteiger charge is 2.44. The van der Waals surface area contributed by atoms with E-state index in [0.717, 1.165) is 5.56 Å². The minimum absolute atomic E-state index is 0.116. The Kier molecular flexibility index (Phi) is 3.06. The Hall–Kier alpha value is -1.22. The molecule has 0 aromatic heterocycles. The average Bonchev–Trinajstić information content (AvgIpc) is 3.01. The number of rotatable bonds is 4. The standard InChI is InChI=1S/C12H13ClO3/c1-2-16-11-4-3-7(5-10(11)13)8-6-9(8)12(14)15/h3-5,8-9H,2,6H2,1H3,(H,14,15). The quantitative estimate of drug-likeness (QED) is 0.880. The number of benzene rings is 1. The van der Waals surface area contributed by atoms with Gasteiger partial charge in [0.25, 0.3) is 0 Å². The Bertz CT molecular complexity index is 417. The van der Waals surface area contributed by atoms with Gasteiger partial charge in [-0.1, -0.05) is 17.7 Å². The smallest absolute Gasteiger partial charge is 0.307 e. The molecule has 2 unspecified atom stereocenters. The van der Waals surface area contributed by atoms with E-state index in [-0.39, 0.29) is 11.8 Å². The average molecular weight is 241 g/mol. The molecule has 0 heterocycles. The molecular formula is C12H13ClO3. The van der Waals surface area contributed by atoms with Crippen molar-refractivity contribution in [3.8, 4) is 5.75 Å². The summed E-state index contributed by atoms with van der Waals surface area (Å²) >= 11 is 6.03. The maximum absolute atomic E-state index is 10.7. The zero-order valence-electron chi connectivity index (χ0n) is 8.94. The van der Waals surface area contributed by atoms with E-state index in [4.69, 9.17) is 21.4 Å². The van der Waals surface area contributed by atoms with Crippen LogP contribution in [0.3, 0.4) is 0 Å². The fraction of sp³-hybridized carbons (Fsp3) is 0.417. The van der Waals surface area contributed by atoms with Gasteiger partial charge in [0.05, 0.1) is 17.5 Å². The van der Waals surface area contributed by atoms with Gasteiger partial charge in [-0.15, -0.1) is 0 Å². The lowest BCUT2D eigenvalue weighted by atomic mass is 10.1. The molecule has 4 heteroatoms. The van der Waals surface area contributed by atoms with Gasteiger partial charge in [-0.2, -0.15) is 0 Å². The summed E-state index contributed by atoms with van der Waals surface area (Å²) in [4.78, 5) is 10.7. The molecule has 1 aliphatic rings. The van der Waals surface area contributed by atoms with Gasteiger partial charge in [0.1, 0.15) is 5.75 Å². The largest absolute Gasteiger partial charge is 0.492 e. The normalized spacial score (nSPS) is 22.9. The molecule has 1 aromatic rings. The fourth-order valence-corrected chi connectivity index (χ4v) is 2.10. The molecule has 0 saturated heterocycles. The highest BCUT2D eigenvalue weighted by atomic mass is 35.5. The molecule has 1 aliphatic carbocycles. The number of ether oxygens (including phenoxy) is 1. The molecule has 1 aromatic carbocycles. The van der Waals surface area contributed by atoms with Gasteiger partial charge in [0, 0.05) is 0 Å². The van der Waals surface area contributed by atoms with Crippen molar-refractivity contribution in [2.75, 3.05) is 6.61 Å². The summed E-state index contributed by atoms with van der Waals surface area (Å²) in [6.45, 7) is 2.46. The van der Waals surface area contributed by atoms with Gasteiger partial charge in [0.2, 0.25) is 0 Å². The number of aliphatic carboxylic acids is 1. The summed E-state index contributed by atoms with van der Waals surface area (Å²) in [7, 11) is 0. The van der Waals surface area contributed by atoms with Gasteiger partial charge in [0.15, 0.2) is 0 Å². The molecule has 1 fully saturated rings. The molecule has 3 nitrogen and oxygen atoms in total. The van der Waals surface area contributed by atoms with Crippen molar-refractivity contribution in [3.63, 3.8) is 0 Å². The first-order chi connectivity index (χ1) is 7.63. The maximum Gasteiger partial charge on any atom is 0.307 e. The third-order valence-electron chi connectivity index (χ3n) is 2.79. The number of carbonyl (C=O) groups is 1. The van der Waals surface area contributed by atoms with E-state index >= 15 is 0 Å². The van der Waals surface area contributed by atoms with E-state index in [1.54, 1.807) is 12.1 Å². The van der Waals surface area contributed by atoms with E-state index < -0.39 is 5.97 Å². The van der Waals surface area contributed by atoms with Crippen LogP contribution in [-0.2, 0) is 4.79 Å². The molecule has 2 atom stereocenters. The first-order valence-electron chi connectivity index (χ1n) is 5.28. The fourth-order valence-electron chi connectivity index (χ4n) is 1.86. The highest BCUT2D eigenvalue weighted by Crippen LogP contribution is 2.48. The van der Waals surface area contributed by atoms with Crippen LogP contribution in [0.2, 0.25) is 5.02 Å². The van der Waals surface area contributed by atoms with Crippen LogP contribution >= 0.6 is 11.6 Å². The van der Waals surface area contributed by atoms with Crippen molar-refractivity contribution in [2.45, 2.75) is 19.3 Å². The minimum atomic E-state index is -0.727. The molecule has 0 aliphatic heterocycles. The summed E-state index contributed by atoms with van der Waals surface area (Å²) in [6, 6.07) is 5.50. The predicted molar refractivity (Wildman–Crippen MR) is 61.1 cm³/mol. The van der Waals surface area contributed by atoms with Crippen molar-refractivity contribution in [3.05, 3.63) is 28.8 Å². The van der Waals surface area contributed by atoms with E-state index in [1.165, 1.54) is 0 Å². The number of halogens is 1. The summed E-state index contributed by atoms with van der Waals surface area (Å²) in [5, 5.41) is 9.39. The van der Waals surface area contributed by atoms with Crippen LogP contribution in [0.5, 0.6) is 5.75 Å². The Labute approximate surface area is 99.0 Å². The van der Waals surface area contributed by atoms with Gasteiger partial charge in [-0.3, -0.25) is 4.79 Å². The number of hydrogen-bond donors (Lipinski definition) is 1. The molecule has 1 N–H and O–H groups in total. The molecule has 16 heavy (non-hydrogen) atoms. The van der Waals surface area contributed by atoms with Crippen LogP contribution < -0.4 is 4.74 Å². The Balaban J connectivity index is 2.13. The lowest BCUT2D eigenvalue weighted by Gasteiger charge is -2.07. The van der Waals surface area contributed by atoms with Crippen LogP contribution in [0.15, 0.2) is 18.2 Å². The predicted octanol–water partition coefficient (Wildman–Crippen LogP) is 2.93. The van der Waals surface area contributed by atoms with Gasteiger partial charge >= 0.3 is 5.97 Å². The molecular weight excluding hydrogens is 228 g/mol. The van der Waals surface area contributed by atoms with Crippen molar-refractivity contribution in [1.29, 1.82) is 0 Å². The van der Waals surface area contributed by atoms with Crippen LogP contribution in [0.1, 0.15) is 24.8 Å². The van der Waals surface area contributed by atoms with Crippen molar-refractivity contribution >= 4 is 17.6 Å². The van der Waals surface area contributed by atoms with Crippen molar-refractivity contribution in [1.82, 2.24) is 0 Å². The molecule has 1 saturated carbocycles. The first kappa shape index (κ1) is 11.3. The van der Waals surface area contributed by atoms with Crippen molar-refractivity contribution < 1.29 is 14.6 Å². The third kappa shape index (κ3) is 2.14. The summed E-state index contributed by atoms with van der Waals surface area (Å²) in [6.07, 6.45) is 0.708. The lowest BCUT2D eigenvalue weighted by Crippen LogP contribution is -1.99. The maximum atomic E-state index is 10.7. The van der Waals surface area contributed by atoms with E-state index in [9.17, 15) is 4.79 Å². The molecule has 2 rings (SSSR count).